The fraction of sp³-hybridized carbons (Fsp3) is 0.857. The van der Waals surface area contributed by atoms with Crippen molar-refractivity contribution in [3.63, 3.8) is 0 Å². The molecule has 0 spiro atoms. The summed E-state index contributed by atoms with van der Waals surface area (Å²) in [6.45, 7) is 1.86. The summed E-state index contributed by atoms with van der Waals surface area (Å²) in [5, 5.41) is 8.55. The molecule has 17 heavy (non-hydrogen) atoms. The van der Waals surface area contributed by atoms with Crippen LogP contribution in [0.4, 0.5) is 0 Å². The van der Waals surface area contributed by atoms with Crippen LogP contribution in [-0.4, -0.2) is 31.2 Å². The summed E-state index contributed by atoms with van der Waals surface area (Å²) in [5.74, 6) is 0. The van der Waals surface area contributed by atoms with Gasteiger partial charge in [-0.1, -0.05) is 25.0 Å². The van der Waals surface area contributed by atoms with Crippen molar-refractivity contribution in [2.24, 2.45) is 0 Å². The molecule has 1 unspecified atom stereocenters. The zero-order chi connectivity index (χ0) is 12.2. The predicted molar refractivity (Wildman–Crippen MR) is 68.9 cm³/mol. The Morgan fingerprint density at radius 3 is 2.76 bits per heavy atom. The third kappa shape index (κ3) is 8.36. The molecule has 0 amide bonds. The van der Waals surface area contributed by atoms with Crippen molar-refractivity contribution in [3.8, 4) is 0 Å². The lowest BCUT2D eigenvalue weighted by Crippen LogP contribution is -2.22. The number of unbranched alkanes of at least 4 members (excludes halogenated alkanes) is 4. The van der Waals surface area contributed by atoms with Gasteiger partial charge in [0.1, 0.15) is 0 Å². The minimum atomic E-state index is 0.0660. The highest BCUT2D eigenvalue weighted by atomic mass is 16.7. The summed E-state index contributed by atoms with van der Waals surface area (Å²) < 4.78 is 11.2. The van der Waals surface area contributed by atoms with E-state index < -0.39 is 0 Å². The number of allylic oxidation sites excluding steroid dienone is 1. The average Bonchev–Trinajstić information content (AvgIpc) is 2.38. The molecular weight excluding hydrogens is 216 g/mol. The molecule has 1 fully saturated rings. The van der Waals surface area contributed by atoms with Crippen LogP contribution in [0.3, 0.4) is 0 Å². The van der Waals surface area contributed by atoms with Gasteiger partial charge in [0.05, 0.1) is 6.61 Å². The molecule has 3 nitrogen and oxygen atoms in total. The van der Waals surface area contributed by atoms with Crippen LogP contribution in [0.5, 0.6) is 0 Å². The van der Waals surface area contributed by atoms with Gasteiger partial charge in [0.15, 0.2) is 6.29 Å². The van der Waals surface area contributed by atoms with Gasteiger partial charge in [0, 0.05) is 13.2 Å². The highest BCUT2D eigenvalue weighted by Crippen LogP contribution is 2.14. The normalized spacial score (nSPS) is 21.1. The lowest BCUT2D eigenvalue weighted by atomic mass is 10.1. The molecule has 0 radical (unpaired) electrons. The van der Waals surface area contributed by atoms with Crippen molar-refractivity contribution in [1.82, 2.24) is 0 Å². The summed E-state index contributed by atoms with van der Waals surface area (Å²) in [4.78, 5) is 0. The van der Waals surface area contributed by atoms with E-state index in [1.807, 2.05) is 12.2 Å². The van der Waals surface area contributed by atoms with Gasteiger partial charge in [-0.05, 0) is 38.5 Å². The van der Waals surface area contributed by atoms with E-state index in [0.29, 0.717) is 0 Å². The number of aliphatic hydroxyl groups is 1. The smallest absolute Gasteiger partial charge is 0.157 e. The third-order valence-corrected chi connectivity index (χ3v) is 2.98. The van der Waals surface area contributed by atoms with Gasteiger partial charge >= 0.3 is 0 Å². The van der Waals surface area contributed by atoms with E-state index in [9.17, 15) is 0 Å². The molecule has 1 N–H and O–H groups in total. The first-order chi connectivity index (χ1) is 8.43. The van der Waals surface area contributed by atoms with Crippen LogP contribution in [0.25, 0.3) is 0 Å². The molecule has 1 aliphatic heterocycles. The van der Waals surface area contributed by atoms with E-state index >= 15 is 0 Å². The second-order valence-electron chi connectivity index (χ2n) is 4.52. The number of rotatable bonds is 9. The van der Waals surface area contributed by atoms with Crippen LogP contribution >= 0.6 is 0 Å². The maximum Gasteiger partial charge on any atom is 0.157 e. The summed E-state index contributed by atoms with van der Waals surface area (Å²) in [6.07, 6.45) is 13.3. The Labute approximate surface area is 105 Å². The van der Waals surface area contributed by atoms with Crippen LogP contribution in [0, 0.1) is 0 Å². The van der Waals surface area contributed by atoms with E-state index in [2.05, 4.69) is 0 Å². The zero-order valence-corrected chi connectivity index (χ0v) is 10.8. The Morgan fingerprint density at radius 1 is 1.12 bits per heavy atom. The van der Waals surface area contributed by atoms with E-state index in [0.717, 1.165) is 32.5 Å². The Morgan fingerprint density at radius 2 is 2.00 bits per heavy atom. The molecule has 1 aliphatic rings. The van der Waals surface area contributed by atoms with Gasteiger partial charge in [-0.25, -0.2) is 0 Å². The Bertz CT molecular complexity index is 186. The van der Waals surface area contributed by atoms with Crippen molar-refractivity contribution < 1.29 is 14.6 Å². The van der Waals surface area contributed by atoms with Gasteiger partial charge in [-0.2, -0.15) is 0 Å². The number of hydrogen-bond acceptors (Lipinski definition) is 3. The van der Waals surface area contributed by atoms with Crippen LogP contribution < -0.4 is 0 Å². The monoisotopic (exact) mass is 242 g/mol. The predicted octanol–water partition coefficient (Wildman–Crippen LogP) is 3.03. The molecule has 100 valence electrons. The molecule has 1 heterocycles. The van der Waals surface area contributed by atoms with Gasteiger partial charge in [-0.15, -0.1) is 0 Å². The molecule has 0 aliphatic carbocycles. The molecule has 0 aromatic carbocycles. The van der Waals surface area contributed by atoms with Gasteiger partial charge in [0.2, 0.25) is 0 Å². The maximum absolute atomic E-state index is 8.55. The Kier molecular flexibility index (Phi) is 9.29. The largest absolute Gasteiger partial charge is 0.392 e. The summed E-state index contributed by atoms with van der Waals surface area (Å²) in [6, 6.07) is 0. The minimum absolute atomic E-state index is 0.0660. The molecule has 0 aromatic heterocycles. The first-order valence-corrected chi connectivity index (χ1v) is 6.92. The molecule has 0 bridgehead atoms. The van der Waals surface area contributed by atoms with Crippen LogP contribution in [0.2, 0.25) is 0 Å². The van der Waals surface area contributed by atoms with Crippen molar-refractivity contribution in [2.75, 3.05) is 19.8 Å². The van der Waals surface area contributed by atoms with Crippen LogP contribution in [0.15, 0.2) is 12.2 Å². The SMILES string of the molecule is OC/C=C/CCCCCCOC1CCCCO1. The highest BCUT2D eigenvalue weighted by molar-refractivity contribution is 4.80. The lowest BCUT2D eigenvalue weighted by Gasteiger charge is -2.22. The highest BCUT2D eigenvalue weighted by Gasteiger charge is 2.12. The summed E-state index contributed by atoms with van der Waals surface area (Å²) in [7, 11) is 0. The van der Waals surface area contributed by atoms with E-state index in [1.54, 1.807) is 0 Å². The molecular formula is C14H26O3. The molecule has 0 aromatic rings. The fourth-order valence-corrected chi connectivity index (χ4v) is 1.97. The number of hydrogen-bond donors (Lipinski definition) is 1. The van der Waals surface area contributed by atoms with E-state index in [4.69, 9.17) is 14.6 Å². The Balaban J connectivity index is 1.79. The zero-order valence-electron chi connectivity index (χ0n) is 10.8. The second-order valence-corrected chi connectivity index (χ2v) is 4.52. The van der Waals surface area contributed by atoms with Gasteiger partial charge in [0.25, 0.3) is 0 Å². The van der Waals surface area contributed by atoms with Crippen molar-refractivity contribution >= 4 is 0 Å². The van der Waals surface area contributed by atoms with Crippen molar-refractivity contribution in [1.29, 1.82) is 0 Å². The summed E-state index contributed by atoms with van der Waals surface area (Å²) >= 11 is 0. The van der Waals surface area contributed by atoms with Crippen molar-refractivity contribution in [2.45, 2.75) is 57.7 Å². The Hall–Kier alpha value is -0.380. The number of ether oxygens (including phenoxy) is 2. The third-order valence-electron chi connectivity index (χ3n) is 2.98. The van der Waals surface area contributed by atoms with Gasteiger partial charge in [-0.3, -0.25) is 0 Å². The molecule has 0 saturated carbocycles. The van der Waals surface area contributed by atoms with E-state index in [-0.39, 0.29) is 12.9 Å². The summed E-state index contributed by atoms with van der Waals surface area (Å²) in [5.41, 5.74) is 0. The van der Waals surface area contributed by atoms with E-state index in [1.165, 1.54) is 32.1 Å². The van der Waals surface area contributed by atoms with Crippen LogP contribution in [0.1, 0.15) is 51.4 Å². The minimum Gasteiger partial charge on any atom is -0.392 e. The molecule has 1 atom stereocenters. The number of aliphatic hydroxyl groups excluding tert-OH is 1. The first kappa shape index (κ1) is 14.7. The molecule has 1 saturated heterocycles. The van der Waals surface area contributed by atoms with Crippen LogP contribution in [-0.2, 0) is 9.47 Å². The molecule has 1 rings (SSSR count). The average molecular weight is 242 g/mol. The standard InChI is InChI=1S/C14H26O3/c15-11-7-4-2-1-3-5-8-12-16-14-10-6-9-13-17-14/h4,7,14-15H,1-3,5-6,8-13H2/b7-4+. The van der Waals surface area contributed by atoms with Crippen molar-refractivity contribution in [3.05, 3.63) is 12.2 Å². The van der Waals surface area contributed by atoms with Gasteiger partial charge < -0.3 is 14.6 Å². The second kappa shape index (κ2) is 10.8. The fourth-order valence-electron chi connectivity index (χ4n) is 1.97. The quantitative estimate of drug-likeness (QED) is 0.499. The first-order valence-electron chi connectivity index (χ1n) is 6.92. The topological polar surface area (TPSA) is 38.7 Å². The lowest BCUT2D eigenvalue weighted by molar-refractivity contribution is -0.162. The molecule has 3 heteroatoms. The maximum atomic E-state index is 8.55.